The molecule has 2 N–H and O–H groups in total. The fraction of sp³-hybridized carbons (Fsp3) is 0.217. The summed E-state index contributed by atoms with van der Waals surface area (Å²) in [4.78, 5) is 25.3. The number of sulfonamides is 1. The number of ether oxygens (including phenoxy) is 1. The van der Waals surface area contributed by atoms with Crippen LogP contribution in [0.2, 0.25) is 0 Å². The first kappa shape index (κ1) is 24.4. The molecule has 0 radical (unpaired) electrons. The summed E-state index contributed by atoms with van der Waals surface area (Å²) in [6.45, 7) is 2.41. The fourth-order valence-corrected chi connectivity index (χ4v) is 4.60. The predicted octanol–water partition coefficient (Wildman–Crippen LogP) is 3.58. The molecular formula is C23H25N3O5S2. The molecule has 0 bridgehead atoms. The second-order valence-electron chi connectivity index (χ2n) is 7.19. The second kappa shape index (κ2) is 10.6. The Morgan fingerprint density at radius 2 is 1.76 bits per heavy atom. The van der Waals surface area contributed by atoms with Gasteiger partial charge in [-0.1, -0.05) is 18.2 Å². The van der Waals surface area contributed by atoms with Gasteiger partial charge in [0.2, 0.25) is 10.0 Å². The van der Waals surface area contributed by atoms with E-state index >= 15 is 0 Å². The third-order valence-electron chi connectivity index (χ3n) is 4.67. The summed E-state index contributed by atoms with van der Waals surface area (Å²) in [6, 6.07) is 14.9. The molecule has 0 fully saturated rings. The lowest BCUT2D eigenvalue weighted by atomic mass is 10.1. The van der Waals surface area contributed by atoms with Gasteiger partial charge in [0, 0.05) is 31.9 Å². The second-order valence-corrected chi connectivity index (χ2v) is 10.3. The highest BCUT2D eigenvalue weighted by molar-refractivity contribution is 7.89. The highest BCUT2D eigenvalue weighted by Gasteiger charge is 2.23. The Bertz CT molecular complexity index is 1220. The normalized spacial score (nSPS) is 11.3. The molecule has 2 amide bonds. The van der Waals surface area contributed by atoms with Gasteiger partial charge in [-0.2, -0.15) is 0 Å². The zero-order valence-corrected chi connectivity index (χ0v) is 20.1. The minimum atomic E-state index is -3.76. The van der Waals surface area contributed by atoms with Gasteiger partial charge < -0.3 is 15.4 Å². The Hall–Kier alpha value is -3.21. The highest BCUT2D eigenvalue weighted by Crippen LogP contribution is 2.29. The van der Waals surface area contributed by atoms with Crippen LogP contribution in [0.15, 0.2) is 64.9 Å². The Labute approximate surface area is 197 Å². The van der Waals surface area contributed by atoms with Crippen molar-refractivity contribution in [2.45, 2.75) is 18.4 Å². The SMILES string of the molecule is CCOc1ccc(NC(=O)c2ccc(CNC(=O)c3cccs3)cc2)cc1S(=O)(=O)N(C)C. The number of benzene rings is 2. The maximum atomic E-state index is 12.7. The summed E-state index contributed by atoms with van der Waals surface area (Å²) < 4.78 is 31.9. The van der Waals surface area contributed by atoms with Gasteiger partial charge in [-0.15, -0.1) is 11.3 Å². The Morgan fingerprint density at radius 3 is 2.36 bits per heavy atom. The van der Waals surface area contributed by atoms with Gasteiger partial charge in [0.25, 0.3) is 11.8 Å². The number of hydrogen-bond donors (Lipinski definition) is 2. The van der Waals surface area contributed by atoms with Crippen molar-refractivity contribution in [2.24, 2.45) is 0 Å². The number of amides is 2. The van der Waals surface area contributed by atoms with Crippen LogP contribution >= 0.6 is 11.3 Å². The molecule has 0 spiro atoms. The first-order valence-corrected chi connectivity index (χ1v) is 12.5. The van der Waals surface area contributed by atoms with E-state index in [-0.39, 0.29) is 22.5 Å². The van der Waals surface area contributed by atoms with Crippen LogP contribution in [-0.4, -0.2) is 45.2 Å². The minimum absolute atomic E-state index is 0.0241. The summed E-state index contributed by atoms with van der Waals surface area (Å²) in [5.74, 6) is -0.314. The van der Waals surface area contributed by atoms with Crippen LogP contribution in [0.1, 0.15) is 32.5 Å². The van der Waals surface area contributed by atoms with Gasteiger partial charge in [-0.3, -0.25) is 9.59 Å². The molecule has 3 aromatic rings. The van der Waals surface area contributed by atoms with Crippen molar-refractivity contribution in [1.29, 1.82) is 0 Å². The highest BCUT2D eigenvalue weighted by atomic mass is 32.2. The molecule has 0 aliphatic carbocycles. The zero-order chi connectivity index (χ0) is 24.0. The summed E-state index contributed by atoms with van der Waals surface area (Å²) >= 11 is 1.37. The number of nitrogens with zero attached hydrogens (tertiary/aromatic N) is 1. The van der Waals surface area contributed by atoms with E-state index in [1.54, 1.807) is 43.3 Å². The van der Waals surface area contributed by atoms with Gasteiger partial charge in [0.05, 0.1) is 11.5 Å². The van der Waals surface area contributed by atoms with Gasteiger partial charge in [0.15, 0.2) is 0 Å². The molecule has 10 heteroatoms. The smallest absolute Gasteiger partial charge is 0.261 e. The summed E-state index contributed by atoms with van der Waals surface area (Å²) in [5, 5.41) is 7.39. The van der Waals surface area contributed by atoms with Crippen LogP contribution in [0, 0.1) is 0 Å². The Balaban J connectivity index is 1.70. The topological polar surface area (TPSA) is 105 Å². The summed E-state index contributed by atoms with van der Waals surface area (Å²) in [7, 11) is -0.902. The number of hydrogen-bond acceptors (Lipinski definition) is 6. The maximum absolute atomic E-state index is 12.7. The van der Waals surface area contributed by atoms with E-state index in [1.807, 2.05) is 11.4 Å². The standard InChI is InChI=1S/C23H25N3O5S2/c1-4-31-19-12-11-18(14-21(19)33(29,30)26(2)3)25-22(27)17-9-7-16(8-10-17)15-24-23(28)20-6-5-13-32-20/h5-14H,4,15H2,1-3H3,(H,24,28)(H,25,27). The monoisotopic (exact) mass is 487 g/mol. The quantitative estimate of drug-likeness (QED) is 0.480. The molecule has 0 atom stereocenters. The average molecular weight is 488 g/mol. The van der Waals surface area contributed by atoms with Crippen molar-refractivity contribution in [3.05, 3.63) is 76.0 Å². The Morgan fingerprint density at radius 1 is 1.03 bits per heavy atom. The van der Waals surface area contributed by atoms with Crippen molar-refractivity contribution in [3.8, 4) is 5.75 Å². The molecule has 33 heavy (non-hydrogen) atoms. The first-order chi connectivity index (χ1) is 15.7. The molecular weight excluding hydrogens is 462 g/mol. The third-order valence-corrected chi connectivity index (χ3v) is 7.38. The van der Waals surface area contributed by atoms with Gasteiger partial charge in [-0.05, 0) is 54.3 Å². The van der Waals surface area contributed by atoms with Crippen molar-refractivity contribution in [3.63, 3.8) is 0 Å². The molecule has 8 nitrogen and oxygen atoms in total. The average Bonchev–Trinajstić information content (AvgIpc) is 3.34. The number of carbonyl (C=O) groups excluding carboxylic acids is 2. The molecule has 174 valence electrons. The van der Waals surface area contributed by atoms with E-state index in [0.717, 1.165) is 9.87 Å². The van der Waals surface area contributed by atoms with Gasteiger partial charge in [-0.25, -0.2) is 12.7 Å². The van der Waals surface area contributed by atoms with Gasteiger partial charge >= 0.3 is 0 Å². The number of nitrogens with one attached hydrogen (secondary N) is 2. The van der Waals surface area contributed by atoms with Crippen molar-refractivity contribution in [1.82, 2.24) is 9.62 Å². The molecule has 0 aliphatic heterocycles. The minimum Gasteiger partial charge on any atom is -0.492 e. The largest absolute Gasteiger partial charge is 0.492 e. The lowest BCUT2D eigenvalue weighted by molar-refractivity contribution is 0.0953. The zero-order valence-electron chi connectivity index (χ0n) is 18.5. The van der Waals surface area contributed by atoms with Crippen LogP contribution in [-0.2, 0) is 16.6 Å². The van der Waals surface area contributed by atoms with Crippen LogP contribution in [0.3, 0.4) is 0 Å². The summed E-state index contributed by atoms with van der Waals surface area (Å²) in [6.07, 6.45) is 0. The lowest BCUT2D eigenvalue weighted by Crippen LogP contribution is -2.23. The van der Waals surface area contributed by atoms with E-state index in [2.05, 4.69) is 10.6 Å². The molecule has 2 aromatic carbocycles. The van der Waals surface area contributed by atoms with E-state index in [1.165, 1.54) is 37.6 Å². The van der Waals surface area contributed by atoms with Crippen molar-refractivity contribution in [2.75, 3.05) is 26.0 Å². The number of rotatable bonds is 9. The van der Waals surface area contributed by atoms with Crippen LogP contribution in [0.25, 0.3) is 0 Å². The molecule has 0 saturated heterocycles. The van der Waals surface area contributed by atoms with Crippen molar-refractivity contribution >= 4 is 38.9 Å². The van der Waals surface area contributed by atoms with Crippen LogP contribution in [0.4, 0.5) is 5.69 Å². The number of anilines is 1. The van der Waals surface area contributed by atoms with E-state index in [4.69, 9.17) is 4.74 Å². The maximum Gasteiger partial charge on any atom is 0.261 e. The number of carbonyl (C=O) groups is 2. The first-order valence-electron chi connectivity index (χ1n) is 10.1. The van der Waals surface area contributed by atoms with Crippen LogP contribution < -0.4 is 15.4 Å². The molecule has 0 aliphatic rings. The summed E-state index contributed by atoms with van der Waals surface area (Å²) in [5.41, 5.74) is 1.57. The van der Waals surface area contributed by atoms with Crippen LogP contribution in [0.5, 0.6) is 5.75 Å². The molecule has 1 heterocycles. The number of thiophene rings is 1. The van der Waals surface area contributed by atoms with Gasteiger partial charge in [0.1, 0.15) is 10.6 Å². The predicted molar refractivity (Wildman–Crippen MR) is 128 cm³/mol. The third kappa shape index (κ3) is 5.98. The molecule has 0 saturated carbocycles. The molecule has 0 unspecified atom stereocenters. The van der Waals surface area contributed by atoms with E-state index < -0.39 is 10.0 Å². The van der Waals surface area contributed by atoms with E-state index in [9.17, 15) is 18.0 Å². The molecule has 3 rings (SSSR count). The Kier molecular flexibility index (Phi) is 7.85. The molecule has 1 aromatic heterocycles. The van der Waals surface area contributed by atoms with Crippen molar-refractivity contribution < 1.29 is 22.7 Å². The van der Waals surface area contributed by atoms with E-state index in [0.29, 0.717) is 29.3 Å². The lowest BCUT2D eigenvalue weighted by Gasteiger charge is -2.16. The fourth-order valence-electron chi connectivity index (χ4n) is 2.91.